The lowest BCUT2D eigenvalue weighted by molar-refractivity contribution is 0.149. The Labute approximate surface area is 102 Å². The highest BCUT2D eigenvalue weighted by atomic mass is 19.1. The van der Waals surface area contributed by atoms with Gasteiger partial charge in [0.25, 0.3) is 0 Å². The van der Waals surface area contributed by atoms with E-state index in [1.807, 2.05) is 18.1 Å². The zero-order valence-corrected chi connectivity index (χ0v) is 10.5. The highest BCUT2D eigenvalue weighted by Crippen LogP contribution is 2.18. The number of anilines is 1. The number of nitrogens with zero attached hydrogens (tertiary/aromatic N) is 2. The predicted octanol–water partition coefficient (Wildman–Crippen LogP) is 2.10. The van der Waals surface area contributed by atoms with E-state index < -0.39 is 6.17 Å². The maximum absolute atomic E-state index is 13.8. The standard InChI is InChI=1S/C13H20FN3/c1-3-10-6-11(8-15-7-10)16-13-4-5-17(2)9-12(13)14/h6-8,12-13,16H,3-5,9H2,1-2H3/t12-,13?/m0/s1. The van der Waals surface area contributed by atoms with Gasteiger partial charge in [-0.2, -0.15) is 0 Å². The van der Waals surface area contributed by atoms with Gasteiger partial charge >= 0.3 is 0 Å². The molecule has 0 aromatic carbocycles. The van der Waals surface area contributed by atoms with Gasteiger partial charge in [0.15, 0.2) is 0 Å². The van der Waals surface area contributed by atoms with Crippen LogP contribution in [0, 0.1) is 0 Å². The summed E-state index contributed by atoms with van der Waals surface area (Å²) in [5.74, 6) is 0. The van der Waals surface area contributed by atoms with Gasteiger partial charge in [0, 0.05) is 25.5 Å². The Bertz CT molecular complexity index is 369. The minimum atomic E-state index is -0.806. The Hall–Kier alpha value is -1.16. The quantitative estimate of drug-likeness (QED) is 0.872. The number of likely N-dealkylation sites (tertiary alicyclic amines) is 1. The molecule has 4 heteroatoms. The number of piperidine rings is 1. The number of halogens is 1. The fourth-order valence-electron chi connectivity index (χ4n) is 2.19. The number of rotatable bonds is 3. The van der Waals surface area contributed by atoms with Crippen LogP contribution in [0.3, 0.4) is 0 Å². The van der Waals surface area contributed by atoms with Crippen LogP contribution in [0.15, 0.2) is 18.5 Å². The monoisotopic (exact) mass is 237 g/mol. The molecular formula is C13H20FN3. The summed E-state index contributed by atoms with van der Waals surface area (Å²) in [5.41, 5.74) is 2.11. The largest absolute Gasteiger partial charge is 0.378 e. The van der Waals surface area contributed by atoms with E-state index >= 15 is 0 Å². The Morgan fingerprint density at radius 2 is 2.35 bits per heavy atom. The minimum Gasteiger partial charge on any atom is -0.378 e. The molecule has 0 aliphatic carbocycles. The first-order valence-electron chi connectivity index (χ1n) is 6.22. The van der Waals surface area contributed by atoms with Crippen LogP contribution in [0.5, 0.6) is 0 Å². The lowest BCUT2D eigenvalue weighted by Gasteiger charge is -2.33. The average molecular weight is 237 g/mol. The first kappa shape index (κ1) is 12.3. The van der Waals surface area contributed by atoms with Crippen molar-refractivity contribution in [2.45, 2.75) is 32.0 Å². The fourth-order valence-corrected chi connectivity index (χ4v) is 2.19. The molecule has 1 unspecified atom stereocenters. The van der Waals surface area contributed by atoms with E-state index in [1.54, 1.807) is 6.20 Å². The van der Waals surface area contributed by atoms with Crippen molar-refractivity contribution in [3.8, 4) is 0 Å². The van der Waals surface area contributed by atoms with Crippen molar-refractivity contribution in [1.82, 2.24) is 9.88 Å². The van der Waals surface area contributed by atoms with Crippen molar-refractivity contribution in [3.05, 3.63) is 24.0 Å². The zero-order valence-electron chi connectivity index (χ0n) is 10.5. The number of pyridine rings is 1. The van der Waals surface area contributed by atoms with Crippen molar-refractivity contribution in [1.29, 1.82) is 0 Å². The fraction of sp³-hybridized carbons (Fsp3) is 0.615. The Kier molecular flexibility index (Phi) is 3.94. The Morgan fingerprint density at radius 1 is 1.53 bits per heavy atom. The average Bonchev–Trinajstić information content (AvgIpc) is 2.33. The van der Waals surface area contributed by atoms with Gasteiger partial charge in [0.2, 0.25) is 0 Å². The summed E-state index contributed by atoms with van der Waals surface area (Å²) in [6.07, 6.45) is 4.61. The maximum Gasteiger partial charge on any atom is 0.133 e. The molecule has 1 aliphatic heterocycles. The molecule has 1 aromatic heterocycles. The molecule has 1 saturated heterocycles. The summed E-state index contributed by atoms with van der Waals surface area (Å²) in [6.45, 7) is 3.55. The molecular weight excluding hydrogens is 217 g/mol. The molecule has 2 rings (SSSR count). The van der Waals surface area contributed by atoms with Gasteiger partial charge in [-0.15, -0.1) is 0 Å². The van der Waals surface area contributed by atoms with E-state index in [2.05, 4.69) is 23.3 Å². The lowest BCUT2D eigenvalue weighted by Crippen LogP contribution is -2.46. The van der Waals surface area contributed by atoms with Gasteiger partial charge in [0.05, 0.1) is 11.7 Å². The third-order valence-electron chi connectivity index (χ3n) is 3.30. The molecule has 1 fully saturated rings. The van der Waals surface area contributed by atoms with E-state index in [-0.39, 0.29) is 6.04 Å². The van der Waals surface area contributed by atoms with Crippen LogP contribution in [-0.2, 0) is 6.42 Å². The molecule has 0 radical (unpaired) electrons. The smallest absolute Gasteiger partial charge is 0.133 e. The molecule has 94 valence electrons. The molecule has 1 N–H and O–H groups in total. The van der Waals surface area contributed by atoms with Crippen LogP contribution in [0.2, 0.25) is 0 Å². The van der Waals surface area contributed by atoms with Crippen LogP contribution < -0.4 is 5.32 Å². The van der Waals surface area contributed by atoms with E-state index in [9.17, 15) is 4.39 Å². The highest BCUT2D eigenvalue weighted by Gasteiger charge is 2.27. The van der Waals surface area contributed by atoms with Crippen molar-refractivity contribution < 1.29 is 4.39 Å². The van der Waals surface area contributed by atoms with Gasteiger partial charge in [-0.05, 0) is 31.5 Å². The summed E-state index contributed by atoms with van der Waals surface area (Å²) in [7, 11) is 1.96. The first-order valence-corrected chi connectivity index (χ1v) is 6.22. The minimum absolute atomic E-state index is 0.0832. The second kappa shape index (κ2) is 5.45. The van der Waals surface area contributed by atoms with Crippen LogP contribution in [-0.4, -0.2) is 42.2 Å². The summed E-state index contributed by atoms with van der Waals surface area (Å²) in [4.78, 5) is 6.20. The first-order chi connectivity index (χ1) is 8.19. The van der Waals surface area contributed by atoms with Gasteiger partial charge in [0.1, 0.15) is 6.17 Å². The van der Waals surface area contributed by atoms with Crippen molar-refractivity contribution >= 4 is 5.69 Å². The second-order valence-electron chi connectivity index (χ2n) is 4.75. The molecule has 1 aliphatic rings. The van der Waals surface area contributed by atoms with Crippen LogP contribution in [0.4, 0.5) is 10.1 Å². The maximum atomic E-state index is 13.8. The molecule has 3 nitrogen and oxygen atoms in total. The van der Waals surface area contributed by atoms with E-state index in [0.717, 1.165) is 25.1 Å². The highest BCUT2D eigenvalue weighted by molar-refractivity contribution is 5.44. The number of aromatic nitrogens is 1. The summed E-state index contributed by atoms with van der Waals surface area (Å²) in [6, 6.07) is 1.97. The van der Waals surface area contributed by atoms with Crippen LogP contribution >= 0.6 is 0 Å². The summed E-state index contributed by atoms with van der Waals surface area (Å²) < 4.78 is 13.8. The molecule has 0 spiro atoms. The molecule has 2 heterocycles. The SMILES string of the molecule is CCc1cncc(NC2CCN(C)C[C@@H]2F)c1. The normalized spacial score (nSPS) is 25.8. The Balaban J connectivity index is 2.00. The van der Waals surface area contributed by atoms with E-state index in [4.69, 9.17) is 0 Å². The van der Waals surface area contributed by atoms with E-state index in [1.165, 1.54) is 5.56 Å². The number of alkyl halides is 1. The Morgan fingerprint density at radius 3 is 3.06 bits per heavy atom. The number of aryl methyl sites for hydroxylation is 1. The number of nitrogens with one attached hydrogen (secondary N) is 1. The molecule has 0 saturated carbocycles. The van der Waals surface area contributed by atoms with Crippen molar-refractivity contribution in [2.75, 3.05) is 25.5 Å². The summed E-state index contributed by atoms with van der Waals surface area (Å²) in [5, 5.41) is 3.26. The molecule has 0 amide bonds. The lowest BCUT2D eigenvalue weighted by atomic mass is 10.0. The van der Waals surface area contributed by atoms with Gasteiger partial charge in [-0.25, -0.2) is 4.39 Å². The number of hydrogen-bond donors (Lipinski definition) is 1. The second-order valence-corrected chi connectivity index (χ2v) is 4.75. The van der Waals surface area contributed by atoms with Gasteiger partial charge in [-0.3, -0.25) is 4.98 Å². The topological polar surface area (TPSA) is 28.2 Å². The number of hydrogen-bond acceptors (Lipinski definition) is 3. The molecule has 0 bridgehead atoms. The van der Waals surface area contributed by atoms with Crippen LogP contribution in [0.25, 0.3) is 0 Å². The van der Waals surface area contributed by atoms with Crippen molar-refractivity contribution in [2.24, 2.45) is 0 Å². The predicted molar refractivity (Wildman–Crippen MR) is 68.0 cm³/mol. The summed E-state index contributed by atoms with van der Waals surface area (Å²) >= 11 is 0. The van der Waals surface area contributed by atoms with Crippen molar-refractivity contribution in [3.63, 3.8) is 0 Å². The molecule has 17 heavy (non-hydrogen) atoms. The molecule has 1 aromatic rings. The third-order valence-corrected chi connectivity index (χ3v) is 3.30. The van der Waals surface area contributed by atoms with Gasteiger partial charge < -0.3 is 10.2 Å². The zero-order chi connectivity index (χ0) is 12.3. The van der Waals surface area contributed by atoms with Crippen LogP contribution in [0.1, 0.15) is 18.9 Å². The molecule has 2 atom stereocenters. The van der Waals surface area contributed by atoms with Gasteiger partial charge in [-0.1, -0.05) is 6.92 Å². The van der Waals surface area contributed by atoms with E-state index in [0.29, 0.717) is 6.54 Å². The third kappa shape index (κ3) is 3.16.